The third-order valence-electron chi connectivity index (χ3n) is 10.4. The van der Waals surface area contributed by atoms with E-state index in [1.54, 1.807) is 6.42 Å². The van der Waals surface area contributed by atoms with Crippen LogP contribution in [-0.4, -0.2) is 23.8 Å². The molecule has 192 valence electrons. The molecule has 33 heavy (non-hydrogen) atoms. The quantitative estimate of drug-likeness (QED) is 0.201. The molecule has 0 aromatic heterocycles. The number of hydrogen-bond donors (Lipinski definition) is 0. The summed E-state index contributed by atoms with van der Waals surface area (Å²) in [7, 11) is 2.29. The predicted molar refractivity (Wildman–Crippen MR) is 141 cm³/mol. The number of hydrogen-bond acceptors (Lipinski definition) is 2. The standard InChI is InChI=1S/C31H57NO/c1-3-4-5-6-7-8-9-10-11-12-13-14-15-16-17-18-19-30-25-31(32(2)33-30)28-21-26-20-27(23-28)24-29(31)22-26/h26-30H,3-25H2,1-2H3. The fourth-order valence-electron chi connectivity index (χ4n) is 8.78. The van der Waals surface area contributed by atoms with Crippen LogP contribution in [-0.2, 0) is 4.84 Å². The van der Waals surface area contributed by atoms with Gasteiger partial charge in [0.2, 0.25) is 0 Å². The maximum atomic E-state index is 6.50. The number of nitrogens with zero attached hydrogens (tertiary/aromatic N) is 1. The van der Waals surface area contributed by atoms with Crippen molar-refractivity contribution < 1.29 is 4.84 Å². The molecule has 2 heteroatoms. The summed E-state index contributed by atoms with van der Waals surface area (Å²) in [5.41, 5.74) is 0.424. The summed E-state index contributed by atoms with van der Waals surface area (Å²) in [5.74, 6) is 4.00. The van der Waals surface area contributed by atoms with Crippen LogP contribution >= 0.6 is 0 Å². The Bertz CT molecular complexity index is 517. The summed E-state index contributed by atoms with van der Waals surface area (Å²) in [4.78, 5) is 6.50. The van der Waals surface area contributed by atoms with Gasteiger partial charge < -0.3 is 0 Å². The fraction of sp³-hybridized carbons (Fsp3) is 1.00. The van der Waals surface area contributed by atoms with Gasteiger partial charge in [0.15, 0.2) is 0 Å². The van der Waals surface area contributed by atoms with Crippen molar-refractivity contribution in [1.82, 2.24) is 5.06 Å². The van der Waals surface area contributed by atoms with Gasteiger partial charge in [-0.1, -0.05) is 110 Å². The number of unbranched alkanes of at least 4 members (excludes halogenated alkanes) is 15. The van der Waals surface area contributed by atoms with Crippen LogP contribution in [0.4, 0.5) is 0 Å². The molecule has 5 aliphatic rings. The third-order valence-corrected chi connectivity index (χ3v) is 10.4. The molecule has 4 aliphatic carbocycles. The van der Waals surface area contributed by atoms with Crippen LogP contribution in [0.3, 0.4) is 0 Å². The highest BCUT2D eigenvalue weighted by Crippen LogP contribution is 2.63. The van der Waals surface area contributed by atoms with Crippen LogP contribution in [0.2, 0.25) is 0 Å². The zero-order valence-electron chi connectivity index (χ0n) is 22.5. The van der Waals surface area contributed by atoms with E-state index in [-0.39, 0.29) is 0 Å². The van der Waals surface area contributed by atoms with Gasteiger partial charge in [0, 0.05) is 7.05 Å². The molecule has 1 aliphatic heterocycles. The van der Waals surface area contributed by atoms with Gasteiger partial charge >= 0.3 is 0 Å². The van der Waals surface area contributed by atoms with E-state index in [0.717, 1.165) is 23.7 Å². The molecule has 0 amide bonds. The van der Waals surface area contributed by atoms with Crippen LogP contribution in [0, 0.1) is 23.7 Å². The molecule has 0 aromatic carbocycles. The molecule has 1 saturated heterocycles. The molecule has 0 radical (unpaired) electrons. The normalized spacial score (nSPS) is 35.3. The van der Waals surface area contributed by atoms with Crippen molar-refractivity contribution in [1.29, 1.82) is 0 Å². The second-order valence-electron chi connectivity index (χ2n) is 12.8. The van der Waals surface area contributed by atoms with Crippen molar-refractivity contribution in [3.05, 3.63) is 0 Å². The zero-order chi connectivity index (χ0) is 22.9. The number of hydroxylamine groups is 2. The van der Waals surface area contributed by atoms with E-state index in [2.05, 4.69) is 19.0 Å². The second-order valence-corrected chi connectivity index (χ2v) is 12.8. The zero-order valence-corrected chi connectivity index (χ0v) is 22.5. The Morgan fingerprint density at radius 2 is 1.03 bits per heavy atom. The summed E-state index contributed by atoms with van der Waals surface area (Å²) in [5, 5.41) is 2.40. The van der Waals surface area contributed by atoms with Crippen LogP contribution in [0.5, 0.6) is 0 Å². The van der Waals surface area contributed by atoms with Crippen molar-refractivity contribution in [3.63, 3.8) is 0 Å². The maximum absolute atomic E-state index is 6.50. The molecule has 4 saturated carbocycles. The molecule has 4 bridgehead atoms. The Hall–Kier alpha value is -0.0800. The van der Waals surface area contributed by atoms with E-state index in [0.29, 0.717) is 11.6 Å². The predicted octanol–water partition coefficient (Wildman–Crippen LogP) is 9.47. The monoisotopic (exact) mass is 459 g/mol. The Balaban J connectivity index is 0.969. The van der Waals surface area contributed by atoms with Gasteiger partial charge in [-0.25, -0.2) is 0 Å². The lowest BCUT2D eigenvalue weighted by molar-refractivity contribution is -0.228. The van der Waals surface area contributed by atoms with Gasteiger partial charge in [-0.3, -0.25) is 4.84 Å². The molecular weight excluding hydrogens is 402 g/mol. The van der Waals surface area contributed by atoms with E-state index in [9.17, 15) is 0 Å². The van der Waals surface area contributed by atoms with Gasteiger partial charge in [0.25, 0.3) is 0 Å². The minimum atomic E-state index is 0.424. The first-order valence-electron chi connectivity index (χ1n) is 15.6. The van der Waals surface area contributed by atoms with Crippen molar-refractivity contribution in [2.24, 2.45) is 23.7 Å². The highest BCUT2D eigenvalue weighted by Gasteiger charge is 2.62. The van der Waals surface area contributed by atoms with Crippen LogP contribution in [0.25, 0.3) is 0 Å². The topological polar surface area (TPSA) is 12.5 Å². The molecule has 0 aromatic rings. The Labute approximate surface area is 206 Å². The first-order chi connectivity index (χ1) is 16.2. The average Bonchev–Trinajstić information content (AvgIpc) is 3.13. The highest BCUT2D eigenvalue weighted by atomic mass is 16.7. The van der Waals surface area contributed by atoms with Crippen LogP contribution in [0.1, 0.15) is 155 Å². The maximum Gasteiger partial charge on any atom is 0.0812 e. The molecule has 1 heterocycles. The molecule has 5 rings (SSSR count). The highest BCUT2D eigenvalue weighted by molar-refractivity contribution is 5.12. The lowest BCUT2D eigenvalue weighted by Gasteiger charge is -2.61. The van der Waals surface area contributed by atoms with Crippen molar-refractivity contribution in [3.8, 4) is 0 Å². The largest absolute Gasteiger partial charge is 0.295 e. The number of rotatable bonds is 17. The smallest absolute Gasteiger partial charge is 0.0812 e. The lowest BCUT2D eigenvalue weighted by Crippen LogP contribution is -2.62. The van der Waals surface area contributed by atoms with E-state index in [1.807, 2.05) is 0 Å². The first kappa shape index (κ1) is 26.0. The summed E-state index contributed by atoms with van der Waals surface area (Å²) >= 11 is 0. The van der Waals surface area contributed by atoms with Gasteiger partial charge in [-0.15, -0.1) is 0 Å². The van der Waals surface area contributed by atoms with Gasteiger partial charge in [0.05, 0.1) is 11.6 Å². The van der Waals surface area contributed by atoms with Crippen LogP contribution in [0.15, 0.2) is 0 Å². The first-order valence-corrected chi connectivity index (χ1v) is 15.6. The summed E-state index contributed by atoms with van der Waals surface area (Å²) < 4.78 is 0. The van der Waals surface area contributed by atoms with Gasteiger partial charge in [-0.2, -0.15) is 5.06 Å². The Morgan fingerprint density at radius 1 is 0.606 bits per heavy atom. The van der Waals surface area contributed by atoms with Crippen molar-refractivity contribution in [2.45, 2.75) is 166 Å². The van der Waals surface area contributed by atoms with E-state index >= 15 is 0 Å². The fourth-order valence-corrected chi connectivity index (χ4v) is 8.78. The van der Waals surface area contributed by atoms with Crippen molar-refractivity contribution in [2.75, 3.05) is 7.05 Å². The van der Waals surface area contributed by atoms with E-state index in [4.69, 9.17) is 4.84 Å². The molecular formula is C31H57NO. The minimum absolute atomic E-state index is 0.424. The SMILES string of the molecule is CCCCCCCCCCCCCCCCCCC1CC2(C3CC4CC(C3)CC2C4)N(C)O1. The van der Waals surface area contributed by atoms with Crippen molar-refractivity contribution >= 4 is 0 Å². The second kappa shape index (κ2) is 13.3. The summed E-state index contributed by atoms with van der Waals surface area (Å²) in [6.07, 6.45) is 34.0. The van der Waals surface area contributed by atoms with E-state index in [1.165, 1.54) is 141 Å². The summed E-state index contributed by atoms with van der Waals surface area (Å²) in [6, 6.07) is 0. The Kier molecular flexibility index (Phi) is 10.5. The molecule has 5 fully saturated rings. The molecule has 1 atom stereocenters. The molecule has 1 spiro atoms. The van der Waals surface area contributed by atoms with E-state index < -0.39 is 0 Å². The molecule has 1 unspecified atom stereocenters. The van der Waals surface area contributed by atoms with Crippen LogP contribution < -0.4 is 0 Å². The van der Waals surface area contributed by atoms with Gasteiger partial charge in [0.1, 0.15) is 0 Å². The molecule has 2 nitrogen and oxygen atoms in total. The Morgan fingerprint density at radius 3 is 1.48 bits per heavy atom. The minimum Gasteiger partial charge on any atom is -0.295 e. The molecule has 0 N–H and O–H groups in total. The average molecular weight is 460 g/mol. The third kappa shape index (κ3) is 6.78. The summed E-state index contributed by atoms with van der Waals surface area (Å²) in [6.45, 7) is 2.31. The van der Waals surface area contributed by atoms with Gasteiger partial charge in [-0.05, 0) is 68.6 Å². The lowest BCUT2D eigenvalue weighted by atomic mass is 9.47.